The van der Waals surface area contributed by atoms with Gasteiger partial charge in [0.15, 0.2) is 5.16 Å². The summed E-state index contributed by atoms with van der Waals surface area (Å²) in [7, 11) is 0. The van der Waals surface area contributed by atoms with Crippen molar-refractivity contribution < 1.29 is 9.90 Å². The Kier molecular flexibility index (Phi) is 5.38. The summed E-state index contributed by atoms with van der Waals surface area (Å²) in [6.07, 6.45) is 2.69. The third-order valence-electron chi connectivity index (χ3n) is 3.11. The molecular weight excluding hydrogens is 286 g/mol. The number of hydrogen-bond acceptors (Lipinski definition) is 4. The van der Waals surface area contributed by atoms with Gasteiger partial charge in [0.2, 0.25) is 0 Å². The molecule has 0 saturated carbocycles. The van der Waals surface area contributed by atoms with E-state index in [1.807, 2.05) is 22.8 Å². The smallest absolute Gasteiger partial charge is 0.313 e. The van der Waals surface area contributed by atoms with E-state index in [0.29, 0.717) is 5.16 Å². The summed E-state index contributed by atoms with van der Waals surface area (Å²) in [4.78, 5) is 10.8. The van der Waals surface area contributed by atoms with Crippen LogP contribution in [-0.2, 0) is 17.6 Å². The summed E-state index contributed by atoms with van der Waals surface area (Å²) in [5.74, 6) is 0.0140. The third kappa shape index (κ3) is 3.64. The molecule has 1 aromatic carbocycles. The number of para-hydroxylation sites is 1. The van der Waals surface area contributed by atoms with Crippen molar-refractivity contribution in [3.05, 3.63) is 35.7 Å². The molecule has 0 saturated heterocycles. The van der Waals surface area contributed by atoms with E-state index in [-0.39, 0.29) is 5.75 Å². The number of carbonyl (C=O) groups is 1. The number of benzene rings is 1. The van der Waals surface area contributed by atoms with Crippen LogP contribution in [0.2, 0.25) is 0 Å². The fraction of sp³-hybridized carbons (Fsp3) is 0.400. The minimum Gasteiger partial charge on any atom is -0.481 e. The Hall–Kier alpha value is -1.82. The van der Waals surface area contributed by atoms with Crippen LogP contribution < -0.4 is 0 Å². The number of aliphatic carboxylic acids is 1. The van der Waals surface area contributed by atoms with Gasteiger partial charge < -0.3 is 5.11 Å². The van der Waals surface area contributed by atoms with Crippen LogP contribution in [0.1, 0.15) is 31.7 Å². The molecule has 0 aliphatic rings. The second kappa shape index (κ2) is 7.26. The van der Waals surface area contributed by atoms with E-state index < -0.39 is 5.97 Å². The van der Waals surface area contributed by atoms with Gasteiger partial charge in [0.05, 0.1) is 11.4 Å². The van der Waals surface area contributed by atoms with Crippen LogP contribution >= 0.6 is 11.8 Å². The highest BCUT2D eigenvalue weighted by molar-refractivity contribution is 7.99. The minimum atomic E-state index is -0.852. The first kappa shape index (κ1) is 15.6. The van der Waals surface area contributed by atoms with Gasteiger partial charge in [-0.3, -0.25) is 9.36 Å². The number of aromatic nitrogens is 3. The maximum Gasteiger partial charge on any atom is 0.313 e. The van der Waals surface area contributed by atoms with E-state index >= 15 is 0 Å². The lowest BCUT2D eigenvalue weighted by Gasteiger charge is -2.13. The standard InChI is InChI=1S/C15H19N3O2S/c1-3-7-13-16-17-15(21-10-14(19)20)18(13)12-9-6-5-8-11(12)4-2/h5-6,8-9H,3-4,7,10H2,1-2H3,(H,19,20). The van der Waals surface area contributed by atoms with E-state index in [1.54, 1.807) is 0 Å². The van der Waals surface area contributed by atoms with Crippen LogP contribution in [0.4, 0.5) is 0 Å². The van der Waals surface area contributed by atoms with Crippen molar-refractivity contribution in [2.45, 2.75) is 38.3 Å². The Labute approximate surface area is 128 Å². The number of hydrogen-bond donors (Lipinski definition) is 1. The Morgan fingerprint density at radius 3 is 2.71 bits per heavy atom. The van der Waals surface area contributed by atoms with Gasteiger partial charge in [-0.15, -0.1) is 10.2 Å². The van der Waals surface area contributed by atoms with Gasteiger partial charge in [0.25, 0.3) is 0 Å². The zero-order valence-corrected chi connectivity index (χ0v) is 13.1. The Morgan fingerprint density at radius 2 is 2.05 bits per heavy atom. The van der Waals surface area contributed by atoms with Crippen molar-refractivity contribution >= 4 is 17.7 Å². The molecule has 0 unspecified atom stereocenters. The molecule has 6 heteroatoms. The lowest BCUT2D eigenvalue weighted by atomic mass is 10.1. The van der Waals surface area contributed by atoms with Crippen LogP contribution in [0, 0.1) is 0 Å². The van der Waals surface area contributed by atoms with E-state index in [0.717, 1.165) is 30.8 Å². The lowest BCUT2D eigenvalue weighted by molar-refractivity contribution is -0.133. The van der Waals surface area contributed by atoms with Crippen LogP contribution in [0.3, 0.4) is 0 Å². The number of carboxylic acid groups (broad SMARTS) is 1. The Bertz CT molecular complexity index is 625. The number of aryl methyl sites for hydroxylation is 2. The summed E-state index contributed by atoms with van der Waals surface area (Å²) in [5.41, 5.74) is 2.24. The molecule has 2 aromatic rings. The average Bonchev–Trinajstić information content (AvgIpc) is 2.88. The predicted octanol–water partition coefficient (Wildman–Crippen LogP) is 2.96. The second-order valence-corrected chi connectivity index (χ2v) is 5.59. The zero-order valence-electron chi connectivity index (χ0n) is 12.2. The summed E-state index contributed by atoms with van der Waals surface area (Å²) >= 11 is 1.21. The molecular formula is C15H19N3O2S. The first-order chi connectivity index (χ1) is 10.2. The quantitative estimate of drug-likeness (QED) is 0.797. The summed E-state index contributed by atoms with van der Waals surface area (Å²) < 4.78 is 2.00. The normalized spacial score (nSPS) is 10.8. The third-order valence-corrected chi connectivity index (χ3v) is 4.03. The number of nitrogens with zero attached hydrogens (tertiary/aromatic N) is 3. The van der Waals surface area contributed by atoms with E-state index in [4.69, 9.17) is 5.11 Å². The topological polar surface area (TPSA) is 68.0 Å². The Morgan fingerprint density at radius 1 is 1.29 bits per heavy atom. The monoisotopic (exact) mass is 305 g/mol. The Balaban J connectivity index is 2.47. The highest BCUT2D eigenvalue weighted by Gasteiger charge is 2.16. The van der Waals surface area contributed by atoms with Crippen molar-refractivity contribution in [2.75, 3.05) is 5.75 Å². The predicted molar refractivity (Wildman–Crippen MR) is 83.1 cm³/mol. The van der Waals surface area contributed by atoms with Crippen LogP contribution in [-0.4, -0.2) is 31.6 Å². The highest BCUT2D eigenvalue weighted by atomic mass is 32.2. The molecule has 1 heterocycles. The number of thioether (sulfide) groups is 1. The van der Waals surface area contributed by atoms with Crippen molar-refractivity contribution in [1.82, 2.24) is 14.8 Å². The number of rotatable bonds is 7. The number of carboxylic acids is 1. The minimum absolute atomic E-state index is 0.0153. The van der Waals surface area contributed by atoms with Gasteiger partial charge in [0, 0.05) is 6.42 Å². The lowest BCUT2D eigenvalue weighted by Crippen LogP contribution is -2.07. The average molecular weight is 305 g/mol. The fourth-order valence-corrected chi connectivity index (χ4v) is 2.86. The molecule has 112 valence electrons. The van der Waals surface area contributed by atoms with E-state index in [2.05, 4.69) is 30.1 Å². The molecule has 1 aromatic heterocycles. The van der Waals surface area contributed by atoms with Crippen molar-refractivity contribution in [1.29, 1.82) is 0 Å². The molecule has 0 bridgehead atoms. The molecule has 5 nitrogen and oxygen atoms in total. The van der Waals surface area contributed by atoms with Gasteiger partial charge in [-0.05, 0) is 24.5 Å². The van der Waals surface area contributed by atoms with Gasteiger partial charge in [0.1, 0.15) is 5.82 Å². The summed E-state index contributed by atoms with van der Waals surface area (Å²) in [6, 6.07) is 8.11. The van der Waals surface area contributed by atoms with Gasteiger partial charge in [-0.1, -0.05) is 43.8 Å². The van der Waals surface area contributed by atoms with Crippen molar-refractivity contribution in [3.63, 3.8) is 0 Å². The van der Waals surface area contributed by atoms with Crippen molar-refractivity contribution in [2.24, 2.45) is 0 Å². The summed E-state index contributed by atoms with van der Waals surface area (Å²) in [5, 5.41) is 17.9. The molecule has 0 fully saturated rings. The highest BCUT2D eigenvalue weighted by Crippen LogP contribution is 2.25. The van der Waals surface area contributed by atoms with Crippen LogP contribution in [0.15, 0.2) is 29.4 Å². The molecule has 0 spiro atoms. The SMILES string of the molecule is CCCc1nnc(SCC(=O)O)n1-c1ccccc1CC. The molecule has 0 aliphatic carbocycles. The van der Waals surface area contributed by atoms with E-state index in [1.165, 1.54) is 17.3 Å². The largest absolute Gasteiger partial charge is 0.481 e. The second-order valence-electron chi connectivity index (χ2n) is 4.65. The molecule has 21 heavy (non-hydrogen) atoms. The first-order valence-electron chi connectivity index (χ1n) is 7.04. The van der Waals surface area contributed by atoms with Gasteiger partial charge in [-0.25, -0.2) is 0 Å². The molecule has 0 atom stereocenters. The van der Waals surface area contributed by atoms with Crippen LogP contribution in [0.25, 0.3) is 5.69 Å². The van der Waals surface area contributed by atoms with Crippen LogP contribution in [0.5, 0.6) is 0 Å². The van der Waals surface area contributed by atoms with Gasteiger partial charge >= 0.3 is 5.97 Å². The summed E-state index contributed by atoms with van der Waals surface area (Å²) in [6.45, 7) is 4.20. The molecule has 1 N–H and O–H groups in total. The first-order valence-corrected chi connectivity index (χ1v) is 8.03. The van der Waals surface area contributed by atoms with Crippen molar-refractivity contribution in [3.8, 4) is 5.69 Å². The zero-order chi connectivity index (χ0) is 15.2. The van der Waals surface area contributed by atoms with Gasteiger partial charge in [-0.2, -0.15) is 0 Å². The molecule has 0 radical (unpaired) electrons. The molecule has 0 amide bonds. The molecule has 0 aliphatic heterocycles. The maximum atomic E-state index is 10.8. The molecule has 2 rings (SSSR count). The fourth-order valence-electron chi connectivity index (χ4n) is 2.18. The van der Waals surface area contributed by atoms with E-state index in [9.17, 15) is 4.79 Å². The maximum absolute atomic E-state index is 10.8.